The van der Waals surface area contributed by atoms with Crippen LogP contribution in [0.4, 0.5) is 0 Å². The largest absolute Gasteiger partial charge is 2.00 e. The fourth-order valence-electron chi connectivity index (χ4n) is 14.7. The third kappa shape index (κ3) is 14.0. The first-order valence-corrected chi connectivity index (χ1v) is 40.5. The summed E-state index contributed by atoms with van der Waals surface area (Å²) >= 11 is 92.6. The molecule has 13 aromatic carbocycles. The van der Waals surface area contributed by atoms with Gasteiger partial charge in [0.05, 0.1) is 63.5 Å². The van der Waals surface area contributed by atoms with Crippen LogP contribution in [0.1, 0.15) is 49.9 Å². The summed E-state index contributed by atoms with van der Waals surface area (Å²) in [7, 11) is 0. The van der Waals surface area contributed by atoms with Crippen molar-refractivity contribution in [2.75, 3.05) is 0 Å². The van der Waals surface area contributed by atoms with Crippen LogP contribution < -0.4 is 28.9 Å². The van der Waals surface area contributed by atoms with Crippen LogP contribution in [0, 0.1) is 0 Å². The monoisotopic (exact) mass is 1820 g/mol. The molecule has 0 atom stereocenters. The normalized spacial score (nSPS) is 11.9. The third-order valence-electron chi connectivity index (χ3n) is 20.7. The molecular weight excluding hydrogens is 1770 g/mol. The van der Waals surface area contributed by atoms with Crippen LogP contribution in [-0.4, -0.2) is 29.9 Å². The van der Waals surface area contributed by atoms with Crippen molar-refractivity contribution in [3.8, 4) is 125 Å². The van der Waals surface area contributed by atoms with E-state index in [0.29, 0.717) is 39.7 Å². The summed E-state index contributed by atoms with van der Waals surface area (Å²) in [4.78, 5) is 41.9. The summed E-state index contributed by atoms with van der Waals surface area (Å²) in [6.45, 7) is 8.60. The molecule has 570 valence electrons. The van der Waals surface area contributed by atoms with Crippen molar-refractivity contribution in [1.82, 2.24) is 39.9 Å². The van der Waals surface area contributed by atoms with Crippen LogP contribution >= 0.6 is 139 Å². The molecule has 0 saturated heterocycles. The number of rotatable bonds is 15. The number of nitrogens with zero attached hydrogens (tertiary/aromatic N) is 8. The van der Waals surface area contributed by atoms with Gasteiger partial charge in [-0.15, -0.1) is 0 Å². The first-order chi connectivity index (χ1) is 56.0. The maximum Gasteiger partial charge on any atom is 2.00 e. The molecule has 2 aliphatic rings. The summed E-state index contributed by atoms with van der Waals surface area (Å²) in [5.74, 6) is 0.571. The van der Waals surface area contributed by atoms with Crippen LogP contribution in [-0.2, 0) is 30.3 Å². The predicted octanol–water partition coefficient (Wildman–Crippen LogP) is 30.8. The molecule has 8 bridgehead atoms. The molecule has 0 amide bonds. The predicted molar refractivity (Wildman–Crippen MR) is 474 cm³/mol. The Kier molecular flexibility index (Phi) is 21.9. The fourth-order valence-corrected chi connectivity index (χ4v) is 18.1. The van der Waals surface area contributed by atoms with Crippen LogP contribution in [0.15, 0.2) is 243 Å². The molecular formula is C92H52Cl12N8O4Zn. The molecule has 25 heteroatoms. The minimum Gasteiger partial charge on any atom is -0.454 e. The average molecular weight is 1820 g/mol. The molecule has 18 rings (SSSR count). The summed E-state index contributed by atoms with van der Waals surface area (Å²) in [6.07, 6.45) is 0. The van der Waals surface area contributed by atoms with Crippen LogP contribution in [0.5, 0.6) is 46.0 Å². The zero-order valence-corrected chi connectivity index (χ0v) is 73.6. The summed E-state index contributed by atoms with van der Waals surface area (Å²) < 4.78 is 27.7. The van der Waals surface area contributed by atoms with E-state index < -0.39 is 10.8 Å². The van der Waals surface area contributed by atoms with Gasteiger partial charge in [-0.2, -0.15) is 0 Å². The zero-order chi connectivity index (χ0) is 80.3. The van der Waals surface area contributed by atoms with Gasteiger partial charge in [-0.25, -0.2) is 9.97 Å². The maximum atomic E-state index is 8.02. The zero-order valence-electron chi connectivity index (χ0n) is 61.5. The third-order valence-corrected chi connectivity index (χ3v) is 25.5. The smallest absolute Gasteiger partial charge is 0.454 e. The van der Waals surface area contributed by atoms with E-state index in [2.05, 4.69) is 58.0 Å². The topological polar surface area (TPSA) is 142 Å². The van der Waals surface area contributed by atoms with Crippen LogP contribution in [0.2, 0.25) is 60.3 Å². The van der Waals surface area contributed by atoms with Gasteiger partial charge in [0.2, 0.25) is 0 Å². The minimum atomic E-state index is -0.723. The Morgan fingerprint density at radius 2 is 0.521 bits per heavy atom. The van der Waals surface area contributed by atoms with Crippen molar-refractivity contribution in [1.29, 1.82) is 0 Å². The van der Waals surface area contributed by atoms with Crippen molar-refractivity contribution in [2.45, 2.75) is 38.5 Å². The van der Waals surface area contributed by atoms with Gasteiger partial charge in [-0.3, -0.25) is 0 Å². The maximum absolute atomic E-state index is 8.02. The summed E-state index contributed by atoms with van der Waals surface area (Å²) in [5, 5.41) is -1.21. The minimum absolute atomic E-state index is 0. The van der Waals surface area contributed by atoms with E-state index in [1.165, 1.54) is 0 Å². The second kappa shape index (κ2) is 32.0. The molecule has 0 aliphatic carbocycles. The Morgan fingerprint density at radius 3 is 0.872 bits per heavy atom. The molecule has 0 saturated carbocycles. The molecule has 5 heterocycles. The van der Waals surface area contributed by atoms with Crippen LogP contribution in [0.3, 0.4) is 0 Å². The van der Waals surface area contributed by atoms with E-state index in [1.807, 2.05) is 194 Å². The molecule has 12 nitrogen and oxygen atoms in total. The average Bonchev–Trinajstić information content (AvgIpc) is 1.56. The van der Waals surface area contributed by atoms with Gasteiger partial charge in [0.15, 0.2) is 23.0 Å². The van der Waals surface area contributed by atoms with Gasteiger partial charge >= 0.3 is 19.5 Å². The number of hydrogen-bond donors (Lipinski definition) is 0. The van der Waals surface area contributed by atoms with Gasteiger partial charge in [0.25, 0.3) is 0 Å². The molecule has 0 spiro atoms. The Morgan fingerprint density at radius 1 is 0.248 bits per heavy atom. The quantitative estimate of drug-likeness (QED) is 0.0712. The Hall–Kier alpha value is -9.48. The molecule has 0 N–H and O–H groups in total. The van der Waals surface area contributed by atoms with Gasteiger partial charge in [-0.1, -0.05) is 385 Å². The van der Waals surface area contributed by atoms with Crippen molar-refractivity contribution in [3.63, 3.8) is 0 Å². The number of halogens is 12. The molecule has 3 aromatic heterocycles. The van der Waals surface area contributed by atoms with E-state index in [0.717, 1.165) is 38.9 Å². The molecule has 117 heavy (non-hydrogen) atoms. The Bertz CT molecular complexity index is 6950. The fraction of sp³-hybridized carbons (Fsp3) is 0.0652. The second-order valence-electron chi connectivity index (χ2n) is 28.3. The van der Waals surface area contributed by atoms with Crippen molar-refractivity contribution < 1.29 is 38.4 Å². The first kappa shape index (κ1) is 80.0. The molecule has 0 radical (unpaired) electrons. The van der Waals surface area contributed by atoms with Gasteiger partial charge in [0.1, 0.15) is 43.1 Å². The van der Waals surface area contributed by atoms with Crippen molar-refractivity contribution >= 4 is 183 Å². The molecule has 0 unspecified atom stereocenters. The van der Waals surface area contributed by atoms with Crippen molar-refractivity contribution in [2.24, 2.45) is 0 Å². The number of benzene rings is 13. The first-order valence-electron chi connectivity index (χ1n) is 36.0. The SMILES string of the molecule is CC(C)(c1ccccc1)c1ccc(Oc2c(Cl)c(Cl)c3c4nc5nc(nc6[n-]c(nc7nc(nc([n-]4)c3c2Cl)-c2c(Cl)c(Oc3ccccc3-c3ccccc3)c(Cl)c(Cl)c2-7)c2c(Cl)c(Oc3ccccc3-c3ccccc3)c(Cl)c(Cl)c62)-c2c(Cl)c(Oc3ccccc3-c3ccccc3)c(Cl)c(Cl)c2-5)c(C(C)(C)c2ccccc2)c1.[Zn+2]. The Balaban J connectivity index is 0.00000983. The Labute approximate surface area is 743 Å². The number of ether oxygens (including phenoxy) is 4. The number of fused-ring (bicyclic) bond motifs is 20. The standard InChI is InChI=1S/C92H52Cl12N8O4.Zn/c1-91(2,48-32-16-8-17-33-48)50-42-43-58(54(44-50)92(3,4)49-34-18-9-19-35-49)116-82-74(100)66-62(70(96)78(82)104)84-105-83-59-63(71(97)79(75(101)67(59)93)113-55-39-23-20-36-51(55)45-26-10-5-11-27-45)87(106-83)108-85-60-64(72(98)80(76(102)68(60)94)114-56-40-24-21-37-52(56)46-28-12-6-13-29-46)88(109-85)110-86-61-65(89(111-86)112-90(66)107-84)73(99)81(77(103)69(61)95)115-57-41-25-22-38-53(57)47-30-14-7-15-31-47;/h5-44H,1-4H3;/q-2;+2. The molecule has 2 aliphatic heterocycles. The van der Waals surface area contributed by atoms with E-state index in [4.69, 9.17) is 198 Å². The van der Waals surface area contributed by atoms with E-state index in [1.54, 1.807) is 18.2 Å². The van der Waals surface area contributed by atoms with Gasteiger partial charge in [0, 0.05) is 99.5 Å². The van der Waals surface area contributed by atoms with E-state index in [9.17, 15) is 0 Å². The number of para-hydroxylation sites is 3. The van der Waals surface area contributed by atoms with E-state index >= 15 is 0 Å². The molecule has 16 aromatic rings. The van der Waals surface area contributed by atoms with Gasteiger partial charge < -0.3 is 48.9 Å². The summed E-state index contributed by atoms with van der Waals surface area (Å²) in [5.41, 5.74) is 6.87. The summed E-state index contributed by atoms with van der Waals surface area (Å²) in [6, 6.07) is 77.4. The van der Waals surface area contributed by atoms with Crippen LogP contribution in [0.25, 0.3) is 123 Å². The van der Waals surface area contributed by atoms with Gasteiger partial charge in [-0.05, 0) is 57.6 Å². The second-order valence-corrected chi connectivity index (χ2v) is 32.8. The number of hydrogen-bond acceptors (Lipinski definition) is 10. The molecule has 0 fully saturated rings. The van der Waals surface area contributed by atoms with E-state index in [-0.39, 0.29) is 192 Å². The van der Waals surface area contributed by atoms with Crippen molar-refractivity contribution in [3.05, 3.63) is 325 Å². The number of aromatic nitrogens is 8.